The van der Waals surface area contributed by atoms with Crippen molar-refractivity contribution >= 4 is 5.78 Å². The summed E-state index contributed by atoms with van der Waals surface area (Å²) in [5, 5.41) is 0. The van der Waals surface area contributed by atoms with Crippen molar-refractivity contribution in [3.8, 4) is 0 Å². The molecule has 0 atom stereocenters. The lowest BCUT2D eigenvalue weighted by Gasteiger charge is -2.36. The molecular formula is C15H19NO. The molecule has 0 radical (unpaired) electrons. The van der Waals surface area contributed by atoms with Gasteiger partial charge in [0.05, 0.1) is 5.54 Å². The molecule has 2 saturated carbocycles. The first kappa shape index (κ1) is 11.0. The molecule has 1 aromatic carbocycles. The number of carbonyl (C=O) groups excluding carboxylic acids is 1. The Morgan fingerprint density at radius 1 is 1.12 bits per heavy atom. The normalized spacial score (nSPS) is 22.6. The topological polar surface area (TPSA) is 43.1 Å². The molecular weight excluding hydrogens is 210 g/mol. The smallest absolute Gasteiger partial charge is 0.182 e. The van der Waals surface area contributed by atoms with Crippen LogP contribution in [0, 0.1) is 0 Å². The summed E-state index contributed by atoms with van der Waals surface area (Å²) < 4.78 is 0. The molecule has 3 rings (SSSR count). The summed E-state index contributed by atoms with van der Waals surface area (Å²) in [4.78, 5) is 12.2. The summed E-state index contributed by atoms with van der Waals surface area (Å²) in [7, 11) is 0. The minimum absolute atomic E-state index is 0.129. The zero-order valence-electron chi connectivity index (χ0n) is 10.1. The summed E-state index contributed by atoms with van der Waals surface area (Å²) in [6, 6.07) is 8.14. The molecule has 2 aliphatic rings. The number of hydrogen-bond donors (Lipinski definition) is 1. The molecule has 0 bridgehead atoms. The second kappa shape index (κ2) is 3.95. The Hall–Kier alpha value is -1.15. The largest absolute Gasteiger partial charge is 0.319 e. The van der Waals surface area contributed by atoms with Gasteiger partial charge in [-0.3, -0.25) is 4.79 Å². The van der Waals surface area contributed by atoms with E-state index in [1.807, 2.05) is 12.1 Å². The van der Waals surface area contributed by atoms with Crippen LogP contribution in [0.2, 0.25) is 0 Å². The highest BCUT2D eigenvalue weighted by molar-refractivity contribution is 6.03. The maximum absolute atomic E-state index is 12.2. The summed E-state index contributed by atoms with van der Waals surface area (Å²) in [5.41, 5.74) is 7.68. The quantitative estimate of drug-likeness (QED) is 0.810. The van der Waals surface area contributed by atoms with Crippen molar-refractivity contribution in [2.24, 2.45) is 5.73 Å². The lowest BCUT2D eigenvalue weighted by atomic mass is 9.72. The Labute approximate surface area is 102 Å². The van der Waals surface area contributed by atoms with Gasteiger partial charge in [-0.15, -0.1) is 0 Å². The molecule has 0 spiro atoms. The molecule has 2 aliphatic carbocycles. The molecule has 1 aromatic rings. The highest BCUT2D eigenvalue weighted by Crippen LogP contribution is 2.37. The molecule has 2 heteroatoms. The average Bonchev–Trinajstić information content (AvgIpc) is 2.24. The van der Waals surface area contributed by atoms with Gasteiger partial charge in [-0.1, -0.05) is 30.7 Å². The molecule has 17 heavy (non-hydrogen) atoms. The zero-order valence-corrected chi connectivity index (χ0v) is 10.1. The number of nitrogens with two attached hydrogens (primary N) is 1. The first-order chi connectivity index (χ1) is 8.19. The molecule has 0 heterocycles. The predicted octanol–water partition coefficient (Wildman–Crippen LogP) is 3.02. The summed E-state index contributed by atoms with van der Waals surface area (Å²) >= 11 is 0. The first-order valence-electron chi connectivity index (χ1n) is 6.63. The van der Waals surface area contributed by atoms with Crippen LogP contribution in [0.4, 0.5) is 0 Å². The van der Waals surface area contributed by atoms with E-state index in [2.05, 4.69) is 12.1 Å². The monoisotopic (exact) mass is 229 g/mol. The Morgan fingerprint density at radius 2 is 1.76 bits per heavy atom. The van der Waals surface area contributed by atoms with E-state index in [1.54, 1.807) is 0 Å². The van der Waals surface area contributed by atoms with Crippen molar-refractivity contribution in [3.63, 3.8) is 0 Å². The van der Waals surface area contributed by atoms with Crippen molar-refractivity contribution in [2.45, 2.75) is 50.0 Å². The van der Waals surface area contributed by atoms with Crippen LogP contribution in [-0.2, 0) is 0 Å². The third-order valence-corrected chi connectivity index (χ3v) is 4.45. The molecule has 90 valence electrons. The van der Waals surface area contributed by atoms with E-state index in [-0.39, 0.29) is 5.78 Å². The molecule has 0 saturated heterocycles. The predicted molar refractivity (Wildman–Crippen MR) is 68.1 cm³/mol. The van der Waals surface area contributed by atoms with Crippen LogP contribution >= 0.6 is 0 Å². The van der Waals surface area contributed by atoms with Gasteiger partial charge in [0.2, 0.25) is 0 Å². The highest BCUT2D eigenvalue weighted by Gasteiger charge is 2.40. The summed E-state index contributed by atoms with van der Waals surface area (Å²) in [6.07, 6.45) is 6.72. The van der Waals surface area contributed by atoms with E-state index in [1.165, 1.54) is 24.8 Å². The number of ketones is 1. The van der Waals surface area contributed by atoms with Gasteiger partial charge in [0.1, 0.15) is 0 Å². The van der Waals surface area contributed by atoms with Crippen LogP contribution in [0.15, 0.2) is 24.3 Å². The van der Waals surface area contributed by atoms with Gasteiger partial charge in [0.15, 0.2) is 5.78 Å². The Kier molecular flexibility index (Phi) is 2.55. The van der Waals surface area contributed by atoms with Gasteiger partial charge >= 0.3 is 0 Å². The van der Waals surface area contributed by atoms with E-state index in [0.29, 0.717) is 0 Å². The zero-order chi connectivity index (χ0) is 11.9. The number of hydrogen-bond acceptors (Lipinski definition) is 2. The highest BCUT2D eigenvalue weighted by atomic mass is 16.1. The molecule has 0 aromatic heterocycles. The summed E-state index contributed by atoms with van der Waals surface area (Å²) in [6.45, 7) is 0. The maximum Gasteiger partial charge on any atom is 0.182 e. The minimum Gasteiger partial charge on any atom is -0.319 e. The summed E-state index contributed by atoms with van der Waals surface area (Å²) in [5.74, 6) is 0.860. The maximum atomic E-state index is 12.2. The van der Waals surface area contributed by atoms with Crippen molar-refractivity contribution < 1.29 is 4.79 Å². The fraction of sp³-hybridized carbons (Fsp3) is 0.533. The Bertz CT molecular complexity index is 427. The van der Waals surface area contributed by atoms with E-state index >= 15 is 0 Å². The van der Waals surface area contributed by atoms with Crippen molar-refractivity contribution in [1.82, 2.24) is 0 Å². The molecule has 0 aliphatic heterocycles. The third-order valence-electron chi connectivity index (χ3n) is 4.45. The Balaban J connectivity index is 1.77. The van der Waals surface area contributed by atoms with Gasteiger partial charge in [-0.25, -0.2) is 0 Å². The van der Waals surface area contributed by atoms with Gasteiger partial charge in [-0.05, 0) is 43.6 Å². The SMILES string of the molecule is NC1(C(=O)c2ccc(C3CCC3)cc2)CCC1. The van der Waals surface area contributed by atoms with Crippen LogP contribution in [-0.4, -0.2) is 11.3 Å². The lowest BCUT2D eigenvalue weighted by molar-refractivity contribution is 0.0800. The number of Topliss-reactive ketones (excluding diaryl/α,β-unsaturated/α-hetero) is 1. The van der Waals surface area contributed by atoms with Crippen LogP contribution in [0.5, 0.6) is 0 Å². The minimum atomic E-state index is -0.558. The number of benzene rings is 1. The lowest BCUT2D eigenvalue weighted by Crippen LogP contribution is -2.53. The molecule has 2 N–H and O–H groups in total. The third kappa shape index (κ3) is 1.81. The van der Waals surface area contributed by atoms with Crippen molar-refractivity contribution in [2.75, 3.05) is 0 Å². The van der Waals surface area contributed by atoms with Crippen LogP contribution in [0.1, 0.15) is 60.4 Å². The number of carbonyl (C=O) groups is 1. The molecule has 2 fully saturated rings. The van der Waals surface area contributed by atoms with Gasteiger partial charge in [0.25, 0.3) is 0 Å². The molecule has 2 nitrogen and oxygen atoms in total. The van der Waals surface area contributed by atoms with E-state index in [4.69, 9.17) is 5.73 Å². The fourth-order valence-corrected chi connectivity index (χ4v) is 2.72. The van der Waals surface area contributed by atoms with Gasteiger partial charge in [0, 0.05) is 5.56 Å². The van der Waals surface area contributed by atoms with Crippen molar-refractivity contribution in [1.29, 1.82) is 0 Å². The van der Waals surface area contributed by atoms with Gasteiger partial charge in [-0.2, -0.15) is 0 Å². The van der Waals surface area contributed by atoms with Crippen molar-refractivity contribution in [3.05, 3.63) is 35.4 Å². The second-order valence-electron chi connectivity index (χ2n) is 5.59. The van der Waals surface area contributed by atoms with E-state index < -0.39 is 5.54 Å². The first-order valence-corrected chi connectivity index (χ1v) is 6.63. The van der Waals surface area contributed by atoms with Gasteiger partial charge < -0.3 is 5.73 Å². The van der Waals surface area contributed by atoms with E-state index in [9.17, 15) is 4.79 Å². The molecule has 0 unspecified atom stereocenters. The van der Waals surface area contributed by atoms with Crippen LogP contribution in [0.3, 0.4) is 0 Å². The molecule has 0 amide bonds. The fourth-order valence-electron chi connectivity index (χ4n) is 2.72. The average molecular weight is 229 g/mol. The standard InChI is InChI=1S/C15H19NO/c16-15(9-2-10-15)14(17)13-7-5-12(6-8-13)11-3-1-4-11/h5-8,11H,1-4,9-10,16H2. The van der Waals surface area contributed by atoms with E-state index in [0.717, 1.165) is 30.7 Å². The second-order valence-corrected chi connectivity index (χ2v) is 5.59. The Morgan fingerprint density at radius 3 is 2.18 bits per heavy atom. The number of rotatable bonds is 3. The van der Waals surface area contributed by atoms with Crippen LogP contribution < -0.4 is 5.73 Å². The van der Waals surface area contributed by atoms with Crippen LogP contribution in [0.25, 0.3) is 0 Å².